The van der Waals surface area contributed by atoms with Gasteiger partial charge in [0.2, 0.25) is 0 Å². The monoisotopic (exact) mass is 573 g/mol. The first-order valence-corrected chi connectivity index (χ1v) is 17.4. The first-order valence-electron chi connectivity index (χ1n) is 14.5. The molecule has 4 heteroatoms. The number of hydrogen-bond acceptors (Lipinski definition) is 2. The van der Waals surface area contributed by atoms with Crippen molar-refractivity contribution in [2.75, 3.05) is 19.8 Å². The highest BCUT2D eigenvalue weighted by molar-refractivity contribution is 7.80. The average molecular weight is 574 g/mol. The van der Waals surface area contributed by atoms with Gasteiger partial charge in [-0.05, 0) is 91.7 Å². The molecule has 206 valence electrons. The number of hydrogen-bond donors (Lipinski definition) is 0. The Balaban J connectivity index is 1.34. The van der Waals surface area contributed by atoms with Crippen LogP contribution in [0.15, 0.2) is 140 Å². The summed E-state index contributed by atoms with van der Waals surface area (Å²) in [5.41, 5.74) is 1.39. The fourth-order valence-electron chi connectivity index (χ4n) is 5.93. The highest BCUT2D eigenvalue weighted by Gasteiger charge is 2.30. The van der Waals surface area contributed by atoms with Gasteiger partial charge in [0.15, 0.2) is 0 Å². The van der Waals surface area contributed by atoms with Crippen molar-refractivity contribution in [1.29, 1.82) is 0 Å². The highest BCUT2D eigenvalue weighted by atomic mass is 31.1. The average Bonchev–Trinajstić information content (AvgIpc) is 3.49. The molecular formula is C37H37NOP2. The number of rotatable bonds is 10. The number of methoxy groups -OCH3 is 1. The summed E-state index contributed by atoms with van der Waals surface area (Å²) >= 11 is 0. The fraction of sp³-hybridized carbons (Fsp3) is 0.189. The zero-order valence-corrected chi connectivity index (χ0v) is 25.4. The van der Waals surface area contributed by atoms with Crippen molar-refractivity contribution in [3.63, 3.8) is 0 Å². The third kappa shape index (κ3) is 6.63. The van der Waals surface area contributed by atoms with Crippen LogP contribution in [0, 0.1) is 0 Å². The molecule has 1 atom stereocenters. The first-order chi connectivity index (χ1) is 20.3. The molecule has 1 aliphatic heterocycles. The van der Waals surface area contributed by atoms with E-state index in [0.29, 0.717) is 6.04 Å². The summed E-state index contributed by atoms with van der Waals surface area (Å²) < 4.78 is 5.76. The van der Waals surface area contributed by atoms with E-state index in [1.807, 2.05) is 0 Å². The summed E-state index contributed by atoms with van der Waals surface area (Å²) in [5, 5.41) is 7.14. The van der Waals surface area contributed by atoms with E-state index in [1.165, 1.54) is 51.1 Å². The number of nitrogens with zero attached hydrogens (tertiary/aromatic N) is 1. The Hall–Kier alpha value is -3.28. The van der Waals surface area contributed by atoms with Crippen LogP contribution >= 0.6 is 15.8 Å². The quantitative estimate of drug-likeness (QED) is 0.176. The van der Waals surface area contributed by atoms with Gasteiger partial charge in [0.1, 0.15) is 5.75 Å². The molecule has 0 N–H and O–H groups in total. The molecule has 0 aromatic heterocycles. The third-order valence-electron chi connectivity index (χ3n) is 7.96. The minimum Gasteiger partial charge on any atom is -0.497 e. The van der Waals surface area contributed by atoms with Gasteiger partial charge in [-0.3, -0.25) is 4.90 Å². The zero-order valence-electron chi connectivity index (χ0n) is 23.6. The maximum Gasteiger partial charge on any atom is 0.119 e. The molecule has 0 spiro atoms. The lowest BCUT2D eigenvalue weighted by molar-refractivity contribution is 0.263. The Morgan fingerprint density at radius 3 is 1.68 bits per heavy atom. The second-order valence-electron chi connectivity index (χ2n) is 10.5. The van der Waals surface area contributed by atoms with Gasteiger partial charge >= 0.3 is 0 Å². The second kappa shape index (κ2) is 13.6. The molecule has 41 heavy (non-hydrogen) atoms. The highest BCUT2D eigenvalue weighted by Crippen LogP contribution is 2.39. The van der Waals surface area contributed by atoms with Crippen LogP contribution in [0.5, 0.6) is 5.75 Å². The summed E-state index contributed by atoms with van der Waals surface area (Å²) in [6.45, 7) is 2.09. The van der Waals surface area contributed by atoms with Crippen LogP contribution in [-0.2, 0) is 6.54 Å². The van der Waals surface area contributed by atoms with Gasteiger partial charge in [-0.15, -0.1) is 0 Å². The van der Waals surface area contributed by atoms with Crippen molar-refractivity contribution in [2.45, 2.75) is 25.4 Å². The summed E-state index contributed by atoms with van der Waals surface area (Å²) in [6, 6.07) is 51.7. The number of benzene rings is 5. The van der Waals surface area contributed by atoms with Gasteiger partial charge in [0.25, 0.3) is 0 Å². The van der Waals surface area contributed by atoms with Crippen LogP contribution in [-0.4, -0.2) is 30.8 Å². The van der Waals surface area contributed by atoms with Crippen LogP contribution in [0.1, 0.15) is 18.4 Å². The lowest BCUT2D eigenvalue weighted by atomic mass is 10.2. The predicted molar refractivity (Wildman–Crippen MR) is 179 cm³/mol. The second-order valence-corrected chi connectivity index (χ2v) is 15.0. The minimum absolute atomic E-state index is 0.427. The molecule has 0 bridgehead atoms. The molecule has 5 aromatic carbocycles. The van der Waals surface area contributed by atoms with Crippen molar-refractivity contribution >= 4 is 42.4 Å². The third-order valence-corrected chi connectivity index (χ3v) is 13.1. The smallest absolute Gasteiger partial charge is 0.119 e. The molecule has 1 fully saturated rings. The summed E-state index contributed by atoms with van der Waals surface area (Å²) in [4.78, 5) is 2.75. The van der Waals surface area contributed by atoms with Crippen molar-refractivity contribution < 1.29 is 4.74 Å². The van der Waals surface area contributed by atoms with Gasteiger partial charge in [-0.25, -0.2) is 0 Å². The molecule has 0 amide bonds. The van der Waals surface area contributed by atoms with E-state index in [9.17, 15) is 0 Å². The van der Waals surface area contributed by atoms with Gasteiger partial charge < -0.3 is 4.74 Å². The van der Waals surface area contributed by atoms with Crippen LogP contribution in [0.25, 0.3) is 0 Å². The zero-order chi connectivity index (χ0) is 27.9. The molecule has 1 heterocycles. The molecule has 6 rings (SSSR count). The van der Waals surface area contributed by atoms with Gasteiger partial charge in [-0.2, -0.15) is 0 Å². The Bertz CT molecular complexity index is 1430. The van der Waals surface area contributed by atoms with E-state index < -0.39 is 15.8 Å². The van der Waals surface area contributed by atoms with Gasteiger partial charge in [0.05, 0.1) is 7.11 Å². The van der Waals surface area contributed by atoms with Gasteiger partial charge in [-0.1, -0.05) is 121 Å². The molecule has 0 saturated carbocycles. The van der Waals surface area contributed by atoms with E-state index in [1.54, 1.807) is 7.11 Å². The summed E-state index contributed by atoms with van der Waals surface area (Å²) in [5.74, 6) is 0.936. The van der Waals surface area contributed by atoms with Crippen molar-refractivity contribution in [3.05, 3.63) is 145 Å². The lowest BCUT2D eigenvalue weighted by Gasteiger charge is -2.31. The minimum atomic E-state index is -0.686. The molecular weight excluding hydrogens is 536 g/mol. The number of ether oxygens (including phenoxy) is 1. The SMILES string of the molecule is COc1ccc(P(c2ccccc2)c2ccccc2)c(CN2CCCC2CP(c2ccccc2)c2ccccc2)c1. The maximum absolute atomic E-state index is 5.76. The predicted octanol–water partition coefficient (Wildman–Crippen LogP) is 6.55. The van der Waals surface area contributed by atoms with E-state index in [-0.39, 0.29) is 0 Å². The van der Waals surface area contributed by atoms with Crippen LogP contribution in [0.2, 0.25) is 0 Å². The van der Waals surface area contributed by atoms with E-state index in [0.717, 1.165) is 18.8 Å². The Labute approximate surface area is 247 Å². The lowest BCUT2D eigenvalue weighted by Crippen LogP contribution is -2.35. The summed E-state index contributed by atoms with van der Waals surface area (Å²) in [6.07, 6.45) is 3.70. The van der Waals surface area contributed by atoms with Crippen LogP contribution < -0.4 is 31.3 Å². The Kier molecular flexibility index (Phi) is 9.24. The molecule has 0 radical (unpaired) electrons. The molecule has 2 nitrogen and oxygen atoms in total. The van der Waals surface area contributed by atoms with Gasteiger partial charge in [0, 0.05) is 12.6 Å². The van der Waals surface area contributed by atoms with E-state index in [4.69, 9.17) is 4.74 Å². The molecule has 5 aromatic rings. The molecule has 0 aliphatic carbocycles. The van der Waals surface area contributed by atoms with E-state index in [2.05, 4.69) is 144 Å². The first kappa shape index (κ1) is 27.9. The molecule has 1 saturated heterocycles. The van der Waals surface area contributed by atoms with E-state index >= 15 is 0 Å². The normalized spacial score (nSPS) is 15.4. The molecule has 1 aliphatic rings. The topological polar surface area (TPSA) is 12.5 Å². The maximum atomic E-state index is 5.76. The Morgan fingerprint density at radius 2 is 1.17 bits per heavy atom. The van der Waals surface area contributed by atoms with Crippen LogP contribution in [0.3, 0.4) is 0 Å². The Morgan fingerprint density at radius 1 is 0.659 bits per heavy atom. The fourth-order valence-corrected chi connectivity index (χ4v) is 11.0. The summed E-state index contributed by atoms with van der Waals surface area (Å²) in [7, 11) is 0.666. The van der Waals surface area contributed by atoms with Crippen molar-refractivity contribution in [1.82, 2.24) is 4.90 Å². The molecule has 1 unspecified atom stereocenters. The van der Waals surface area contributed by atoms with Crippen molar-refractivity contribution in [3.8, 4) is 5.75 Å². The standard InChI is InChI=1S/C37H37NOP2/c1-39-32-24-25-37(41(35-20-10-4-11-21-35)36-22-12-5-13-23-36)30(27-32)28-38-26-14-15-31(38)29-40(33-16-6-2-7-17-33)34-18-8-3-9-19-34/h2-13,16-25,27,31H,14-15,26,28-29H2,1H3. The number of likely N-dealkylation sites (tertiary alicyclic amines) is 1. The van der Waals surface area contributed by atoms with Crippen LogP contribution in [0.4, 0.5) is 0 Å². The largest absolute Gasteiger partial charge is 0.497 e. The van der Waals surface area contributed by atoms with Crippen molar-refractivity contribution in [2.24, 2.45) is 0 Å².